The molecule has 97 valence electrons. The number of hydrogen-bond acceptors (Lipinski definition) is 1. The van der Waals surface area contributed by atoms with E-state index in [0.29, 0.717) is 0 Å². The minimum atomic E-state index is -0.110. The largest absolute Gasteiger partial charge is 0.313 e. The second kappa shape index (κ2) is 5.55. The van der Waals surface area contributed by atoms with Gasteiger partial charge in [0.2, 0.25) is 0 Å². The number of rotatable bonds is 3. The highest BCUT2D eigenvalue weighted by atomic mass is 15.1. The summed E-state index contributed by atoms with van der Waals surface area (Å²) in [4.78, 5) is 0. The Balaban J connectivity index is 1.93. The fourth-order valence-electron chi connectivity index (χ4n) is 2.80. The molecule has 0 aliphatic carbocycles. The predicted molar refractivity (Wildman–Crippen MR) is 78.1 cm³/mol. The molecule has 1 saturated heterocycles. The van der Waals surface area contributed by atoms with E-state index in [1.54, 1.807) is 0 Å². The first kappa shape index (κ1) is 12.4. The van der Waals surface area contributed by atoms with E-state index >= 15 is 0 Å². The van der Waals surface area contributed by atoms with Crippen LogP contribution in [0.5, 0.6) is 0 Å². The van der Waals surface area contributed by atoms with Gasteiger partial charge in [-0.2, -0.15) is 0 Å². The van der Waals surface area contributed by atoms with Crippen molar-refractivity contribution in [1.29, 1.82) is 0 Å². The van der Waals surface area contributed by atoms with E-state index in [1.165, 1.54) is 11.1 Å². The summed E-state index contributed by atoms with van der Waals surface area (Å²) in [5.74, 6) is 0. The Bertz CT molecular complexity index is 501. The van der Waals surface area contributed by atoms with Gasteiger partial charge in [-0.15, -0.1) is 0 Å². The fraction of sp³-hybridized carbons (Fsp3) is 0.294. The minimum Gasteiger partial charge on any atom is -0.313 e. The molecule has 1 fully saturated rings. The molecule has 1 N–H and O–H groups in total. The van der Waals surface area contributed by atoms with Crippen LogP contribution in [0.1, 0.15) is 11.1 Å². The zero-order valence-electron chi connectivity index (χ0n) is 11.0. The Labute approximate surface area is 114 Å². The topological polar surface area (TPSA) is 26.1 Å². The summed E-state index contributed by atoms with van der Waals surface area (Å²) in [6, 6.07) is 21.3. The second-order valence-electron chi connectivity index (χ2n) is 5.12. The molecule has 1 aliphatic heterocycles. The first-order chi connectivity index (χ1) is 9.39. The third kappa shape index (κ3) is 2.70. The van der Waals surface area contributed by atoms with Crippen molar-refractivity contribution in [2.24, 2.45) is 0 Å². The molecule has 1 atom stereocenters. The van der Waals surface area contributed by atoms with E-state index in [4.69, 9.17) is 5.32 Å². The van der Waals surface area contributed by atoms with Crippen LogP contribution < -0.4 is 10.6 Å². The highest BCUT2D eigenvalue weighted by Gasteiger charge is 2.34. The van der Waals surface area contributed by atoms with E-state index in [2.05, 4.69) is 66.0 Å². The van der Waals surface area contributed by atoms with Crippen LogP contribution in [0.3, 0.4) is 0 Å². The molecular weight excluding hydrogens is 232 g/mol. The molecule has 2 aromatic carbocycles. The van der Waals surface area contributed by atoms with Gasteiger partial charge in [0.15, 0.2) is 0 Å². The Morgan fingerprint density at radius 3 is 2.26 bits per heavy atom. The Kier molecular flexibility index (Phi) is 3.62. The third-order valence-electron chi connectivity index (χ3n) is 3.77. The number of hydrogen-bond donors (Lipinski definition) is 1. The van der Waals surface area contributed by atoms with Gasteiger partial charge in [-0.3, -0.25) is 0 Å². The molecular formula is C17H19N2. The van der Waals surface area contributed by atoms with Gasteiger partial charge in [-0.25, -0.2) is 5.32 Å². The van der Waals surface area contributed by atoms with Gasteiger partial charge >= 0.3 is 0 Å². The SMILES string of the molecule is c1ccc(CC2(c3ccccc3)CNCC[N]2)cc1. The highest BCUT2D eigenvalue weighted by molar-refractivity contribution is 5.30. The van der Waals surface area contributed by atoms with Crippen molar-refractivity contribution in [3.05, 3.63) is 71.8 Å². The average molecular weight is 251 g/mol. The molecule has 3 rings (SSSR count). The maximum Gasteiger partial charge on any atom is 0.0769 e. The highest BCUT2D eigenvalue weighted by Crippen LogP contribution is 2.27. The quantitative estimate of drug-likeness (QED) is 0.890. The lowest BCUT2D eigenvalue weighted by molar-refractivity contribution is 0.266. The van der Waals surface area contributed by atoms with Crippen LogP contribution in [0, 0.1) is 0 Å². The number of benzene rings is 2. The first-order valence-corrected chi connectivity index (χ1v) is 6.88. The van der Waals surface area contributed by atoms with Crippen LogP contribution >= 0.6 is 0 Å². The van der Waals surface area contributed by atoms with E-state index < -0.39 is 0 Å². The molecule has 2 heteroatoms. The zero-order chi connectivity index (χ0) is 13.0. The van der Waals surface area contributed by atoms with Crippen molar-refractivity contribution < 1.29 is 0 Å². The second-order valence-corrected chi connectivity index (χ2v) is 5.12. The standard InChI is InChI=1S/C17H19N2/c1-3-7-15(8-4-1)13-17(14-18-11-12-19-17)16-9-5-2-6-10-16/h1-10,18H,11-14H2. The molecule has 1 heterocycles. The lowest BCUT2D eigenvalue weighted by Crippen LogP contribution is -2.54. The molecule has 1 radical (unpaired) electrons. The number of piperazine rings is 1. The lowest BCUT2D eigenvalue weighted by atomic mass is 9.82. The lowest BCUT2D eigenvalue weighted by Gasteiger charge is -2.38. The molecule has 1 unspecified atom stereocenters. The molecule has 19 heavy (non-hydrogen) atoms. The van der Waals surface area contributed by atoms with Crippen molar-refractivity contribution in [1.82, 2.24) is 10.6 Å². The third-order valence-corrected chi connectivity index (χ3v) is 3.77. The van der Waals surface area contributed by atoms with Gasteiger partial charge in [-0.1, -0.05) is 60.7 Å². The van der Waals surface area contributed by atoms with E-state index in [9.17, 15) is 0 Å². The van der Waals surface area contributed by atoms with Crippen molar-refractivity contribution in [2.45, 2.75) is 12.0 Å². The molecule has 0 spiro atoms. The van der Waals surface area contributed by atoms with Gasteiger partial charge in [-0.05, 0) is 17.5 Å². The molecule has 0 aromatic heterocycles. The number of nitrogens with zero attached hydrogens (tertiary/aromatic N) is 1. The summed E-state index contributed by atoms with van der Waals surface area (Å²) >= 11 is 0. The van der Waals surface area contributed by atoms with Crippen molar-refractivity contribution in [3.8, 4) is 0 Å². The molecule has 1 aliphatic rings. The van der Waals surface area contributed by atoms with Crippen LogP contribution in [0.25, 0.3) is 0 Å². The van der Waals surface area contributed by atoms with Crippen molar-refractivity contribution in [3.63, 3.8) is 0 Å². The maximum atomic E-state index is 4.96. The summed E-state index contributed by atoms with van der Waals surface area (Å²) in [5, 5.41) is 8.46. The normalized spacial score (nSPS) is 23.2. The average Bonchev–Trinajstić information content (AvgIpc) is 2.50. The van der Waals surface area contributed by atoms with E-state index in [0.717, 1.165) is 26.1 Å². The molecule has 0 bridgehead atoms. The van der Waals surface area contributed by atoms with Gasteiger partial charge < -0.3 is 5.32 Å². The van der Waals surface area contributed by atoms with Crippen LogP contribution in [0.15, 0.2) is 60.7 Å². The summed E-state index contributed by atoms with van der Waals surface area (Å²) in [6.45, 7) is 2.80. The minimum absolute atomic E-state index is 0.110. The first-order valence-electron chi connectivity index (χ1n) is 6.88. The zero-order valence-corrected chi connectivity index (χ0v) is 11.0. The van der Waals surface area contributed by atoms with Crippen LogP contribution in [0.4, 0.5) is 0 Å². The number of nitrogens with one attached hydrogen (secondary N) is 1. The van der Waals surface area contributed by atoms with Crippen LogP contribution in [-0.2, 0) is 12.0 Å². The Hall–Kier alpha value is -1.64. The Morgan fingerprint density at radius 1 is 0.947 bits per heavy atom. The van der Waals surface area contributed by atoms with Crippen LogP contribution in [-0.4, -0.2) is 19.6 Å². The van der Waals surface area contributed by atoms with Gasteiger partial charge in [0, 0.05) is 19.6 Å². The van der Waals surface area contributed by atoms with Gasteiger partial charge in [0.25, 0.3) is 0 Å². The monoisotopic (exact) mass is 251 g/mol. The summed E-state index contributed by atoms with van der Waals surface area (Å²) < 4.78 is 0. The maximum absolute atomic E-state index is 4.96. The summed E-state index contributed by atoms with van der Waals surface area (Å²) in [5.41, 5.74) is 2.55. The summed E-state index contributed by atoms with van der Waals surface area (Å²) in [6.07, 6.45) is 0.963. The van der Waals surface area contributed by atoms with Gasteiger partial charge in [0.05, 0.1) is 5.54 Å². The molecule has 0 amide bonds. The molecule has 2 nitrogen and oxygen atoms in total. The van der Waals surface area contributed by atoms with Crippen molar-refractivity contribution >= 4 is 0 Å². The summed E-state index contributed by atoms with van der Waals surface area (Å²) in [7, 11) is 0. The Morgan fingerprint density at radius 2 is 1.63 bits per heavy atom. The molecule has 0 saturated carbocycles. The van der Waals surface area contributed by atoms with Crippen molar-refractivity contribution in [2.75, 3.05) is 19.6 Å². The predicted octanol–water partition coefficient (Wildman–Crippen LogP) is 2.33. The van der Waals surface area contributed by atoms with E-state index in [-0.39, 0.29) is 5.54 Å². The van der Waals surface area contributed by atoms with Crippen LogP contribution in [0.2, 0.25) is 0 Å². The molecule has 2 aromatic rings. The smallest absolute Gasteiger partial charge is 0.0769 e. The van der Waals surface area contributed by atoms with E-state index in [1.807, 2.05) is 0 Å². The fourth-order valence-corrected chi connectivity index (χ4v) is 2.80. The van der Waals surface area contributed by atoms with Gasteiger partial charge in [0.1, 0.15) is 0 Å².